The Bertz CT molecular complexity index is 238. The Morgan fingerprint density at radius 3 is 2.50 bits per heavy atom. The largest absolute Gasteiger partial charge is 0.393 e. The average molecular weight is 167 g/mol. The van der Waals surface area contributed by atoms with Gasteiger partial charge in [-0.1, -0.05) is 6.58 Å². The lowest BCUT2D eigenvalue weighted by Gasteiger charge is -2.04. The third kappa shape index (κ3) is 2.87. The minimum Gasteiger partial charge on any atom is -0.393 e. The lowest BCUT2D eigenvalue weighted by molar-refractivity contribution is 1.00. The highest BCUT2D eigenvalue weighted by Crippen LogP contribution is 1.95. The molecule has 6 N–H and O–H groups in total. The smallest absolute Gasteiger partial charge is 0.156 e. The zero-order valence-corrected chi connectivity index (χ0v) is 6.96. The Morgan fingerprint density at radius 1 is 1.58 bits per heavy atom. The van der Waals surface area contributed by atoms with Crippen LogP contribution in [-0.2, 0) is 0 Å². The predicted octanol–water partition coefficient (Wildman–Crippen LogP) is -0.126. The summed E-state index contributed by atoms with van der Waals surface area (Å²) in [7, 11) is 0. The van der Waals surface area contributed by atoms with Crippen LogP contribution in [0.5, 0.6) is 0 Å². The van der Waals surface area contributed by atoms with Crippen LogP contribution in [0.2, 0.25) is 0 Å². The molecule has 0 bridgehead atoms. The molecule has 0 aromatic carbocycles. The highest BCUT2D eigenvalue weighted by atomic mass is 15.0. The van der Waals surface area contributed by atoms with Gasteiger partial charge < -0.3 is 16.8 Å². The van der Waals surface area contributed by atoms with Gasteiger partial charge in [-0.2, -0.15) is 0 Å². The number of hydrogen-bond donors (Lipinski definition) is 4. The fourth-order valence-electron chi connectivity index (χ4n) is 0.538. The number of nitrogens with zero attached hydrogens (tertiary/aromatic N) is 1. The van der Waals surface area contributed by atoms with Crippen LogP contribution in [0.3, 0.4) is 0 Å². The van der Waals surface area contributed by atoms with Crippen molar-refractivity contribution in [3.63, 3.8) is 0 Å². The molecular weight excluding hydrogens is 154 g/mol. The fraction of sp³-hybridized carbons (Fsp3) is 0.143. The molecule has 0 aromatic heterocycles. The highest BCUT2D eigenvalue weighted by molar-refractivity contribution is 5.94. The lowest BCUT2D eigenvalue weighted by atomic mass is 10.4. The Balaban J connectivity index is 4.78. The van der Waals surface area contributed by atoms with Crippen molar-refractivity contribution < 1.29 is 0 Å². The Morgan fingerprint density at radius 2 is 2.17 bits per heavy atom. The van der Waals surface area contributed by atoms with Gasteiger partial charge in [-0.3, -0.25) is 5.41 Å². The number of aliphatic imine (C=N–C) groups is 1. The van der Waals surface area contributed by atoms with E-state index in [-0.39, 0.29) is 11.5 Å². The monoisotopic (exact) mass is 167 g/mol. The molecule has 5 heteroatoms. The molecule has 0 spiro atoms. The molecule has 0 aromatic rings. The quantitative estimate of drug-likeness (QED) is 0.346. The first kappa shape index (κ1) is 10.2. The molecule has 0 amide bonds. The highest BCUT2D eigenvalue weighted by Gasteiger charge is 2.01. The number of rotatable bonds is 4. The van der Waals surface area contributed by atoms with Gasteiger partial charge in [0.25, 0.3) is 0 Å². The summed E-state index contributed by atoms with van der Waals surface area (Å²) in [5, 5.41) is 9.70. The summed E-state index contributed by atoms with van der Waals surface area (Å²) in [4.78, 5) is 3.86. The van der Waals surface area contributed by atoms with Gasteiger partial charge in [-0.15, -0.1) is 0 Å². The van der Waals surface area contributed by atoms with Crippen LogP contribution in [0.25, 0.3) is 0 Å². The molecule has 0 saturated carbocycles. The summed E-state index contributed by atoms with van der Waals surface area (Å²) < 4.78 is 0. The van der Waals surface area contributed by atoms with Gasteiger partial charge in [0.05, 0.1) is 0 Å². The molecule has 0 unspecified atom stereocenters. The summed E-state index contributed by atoms with van der Waals surface area (Å²) >= 11 is 0. The maximum Gasteiger partial charge on any atom is 0.156 e. The molecule has 0 radical (unpaired) electrons. The van der Waals surface area contributed by atoms with Crippen molar-refractivity contribution in [2.45, 2.75) is 6.92 Å². The van der Waals surface area contributed by atoms with Crippen molar-refractivity contribution in [1.82, 2.24) is 5.32 Å². The van der Waals surface area contributed by atoms with Gasteiger partial charge in [-0.05, 0) is 13.1 Å². The minimum absolute atomic E-state index is 0.105. The second-order valence-electron chi connectivity index (χ2n) is 1.91. The molecule has 0 heterocycles. The van der Waals surface area contributed by atoms with E-state index in [1.165, 1.54) is 6.20 Å². The van der Waals surface area contributed by atoms with Gasteiger partial charge in [0.15, 0.2) is 5.82 Å². The molecule has 12 heavy (non-hydrogen) atoms. The normalized spacial score (nSPS) is 12.4. The predicted molar refractivity (Wildman–Crippen MR) is 50.6 cm³/mol. The zero-order chi connectivity index (χ0) is 9.56. The van der Waals surface area contributed by atoms with E-state index in [9.17, 15) is 0 Å². The van der Waals surface area contributed by atoms with Crippen LogP contribution in [0, 0.1) is 5.41 Å². The van der Waals surface area contributed by atoms with E-state index in [1.54, 1.807) is 13.1 Å². The van der Waals surface area contributed by atoms with E-state index in [0.29, 0.717) is 5.82 Å². The van der Waals surface area contributed by atoms with E-state index < -0.39 is 0 Å². The van der Waals surface area contributed by atoms with E-state index in [1.807, 2.05) is 0 Å². The van der Waals surface area contributed by atoms with Crippen LogP contribution in [0.15, 0.2) is 29.3 Å². The molecule has 66 valence electrons. The van der Waals surface area contributed by atoms with E-state index >= 15 is 0 Å². The fourth-order valence-corrected chi connectivity index (χ4v) is 0.538. The van der Waals surface area contributed by atoms with Crippen molar-refractivity contribution in [3.05, 3.63) is 24.3 Å². The molecule has 0 fully saturated rings. The Hall–Kier alpha value is -1.78. The van der Waals surface area contributed by atoms with Gasteiger partial charge in [-0.25, -0.2) is 4.99 Å². The first-order chi connectivity index (χ1) is 5.63. The minimum atomic E-state index is -0.218. The number of hydrogen-bond acceptors (Lipinski definition) is 4. The first-order valence-electron chi connectivity index (χ1n) is 3.33. The summed E-state index contributed by atoms with van der Waals surface area (Å²) in [5.41, 5.74) is 10.7. The molecule has 0 aliphatic heterocycles. The Kier molecular flexibility index (Phi) is 4.21. The van der Waals surface area contributed by atoms with Gasteiger partial charge in [0, 0.05) is 6.21 Å². The second-order valence-corrected chi connectivity index (χ2v) is 1.91. The molecular formula is C7H13N5. The van der Waals surface area contributed by atoms with Crippen LogP contribution >= 0.6 is 0 Å². The summed E-state index contributed by atoms with van der Waals surface area (Å²) in [6, 6.07) is 0. The van der Waals surface area contributed by atoms with Crippen molar-refractivity contribution in [2.75, 3.05) is 0 Å². The molecule has 0 aliphatic carbocycles. The summed E-state index contributed by atoms with van der Waals surface area (Å²) in [5.74, 6) is 0.116. The van der Waals surface area contributed by atoms with Crippen molar-refractivity contribution in [2.24, 2.45) is 16.5 Å². The third-order valence-electron chi connectivity index (χ3n) is 1.04. The number of nitrogens with two attached hydrogens (primary N) is 2. The molecule has 0 atom stereocenters. The maximum absolute atomic E-state index is 7.03. The first-order valence-corrected chi connectivity index (χ1v) is 3.33. The number of amidine groups is 1. The third-order valence-corrected chi connectivity index (χ3v) is 1.04. The molecule has 0 saturated heterocycles. The summed E-state index contributed by atoms with van der Waals surface area (Å²) in [6.07, 6.45) is 2.96. The van der Waals surface area contributed by atoms with E-state index in [0.717, 1.165) is 0 Å². The maximum atomic E-state index is 7.03. The van der Waals surface area contributed by atoms with Crippen LogP contribution in [0.1, 0.15) is 6.92 Å². The standard InChI is InChI=1S/C7H13N5/c1-3-11-7(12-4-2)5(8)6(9)10/h3-4,11H,1,8H2,2H3,(H3,9,10)/b7-5+,12-4-. The van der Waals surface area contributed by atoms with Gasteiger partial charge >= 0.3 is 0 Å². The topological polar surface area (TPSA) is 100 Å². The SMILES string of the molecule is C=CNC(/N=C\C)=C(\N)C(=N)N. The molecule has 5 nitrogen and oxygen atoms in total. The van der Waals surface area contributed by atoms with Crippen molar-refractivity contribution in [1.29, 1.82) is 5.41 Å². The van der Waals surface area contributed by atoms with Crippen LogP contribution in [0.4, 0.5) is 0 Å². The van der Waals surface area contributed by atoms with Crippen LogP contribution < -0.4 is 16.8 Å². The van der Waals surface area contributed by atoms with Crippen molar-refractivity contribution in [3.8, 4) is 0 Å². The Labute approximate surface area is 71.4 Å². The van der Waals surface area contributed by atoms with Crippen molar-refractivity contribution >= 4 is 12.1 Å². The van der Waals surface area contributed by atoms with Gasteiger partial charge in [0.2, 0.25) is 0 Å². The second kappa shape index (κ2) is 4.95. The molecule has 0 rings (SSSR count). The van der Waals surface area contributed by atoms with E-state index in [4.69, 9.17) is 16.9 Å². The number of nitrogens with one attached hydrogen (secondary N) is 2. The summed E-state index contributed by atoms with van der Waals surface area (Å²) in [6.45, 7) is 5.17. The lowest BCUT2D eigenvalue weighted by Crippen LogP contribution is -2.24. The zero-order valence-electron chi connectivity index (χ0n) is 6.96. The van der Waals surface area contributed by atoms with Crippen LogP contribution in [-0.4, -0.2) is 12.1 Å². The van der Waals surface area contributed by atoms with E-state index in [2.05, 4.69) is 16.9 Å². The molecule has 0 aliphatic rings. The average Bonchev–Trinajstić information content (AvgIpc) is 2.03. The van der Waals surface area contributed by atoms with Gasteiger partial charge in [0.1, 0.15) is 11.5 Å².